The van der Waals surface area contributed by atoms with Crippen molar-refractivity contribution in [3.63, 3.8) is 0 Å². The molecule has 0 bridgehead atoms. The third-order valence-corrected chi connectivity index (χ3v) is 6.18. The molecule has 11 heteroatoms. The molecular formula is C23H23N5O5S. The lowest BCUT2D eigenvalue weighted by Crippen LogP contribution is -2.23. The summed E-state index contributed by atoms with van der Waals surface area (Å²) in [7, 11) is 4.41. The zero-order valence-electron chi connectivity index (χ0n) is 19.3. The zero-order valence-corrected chi connectivity index (χ0v) is 20.1. The van der Waals surface area contributed by atoms with E-state index in [1.165, 1.54) is 49.5 Å². The number of hydrazone groups is 1. The van der Waals surface area contributed by atoms with E-state index in [2.05, 4.69) is 20.6 Å². The van der Waals surface area contributed by atoms with Crippen LogP contribution in [0.1, 0.15) is 28.5 Å². The van der Waals surface area contributed by atoms with Crippen LogP contribution in [0, 0.1) is 6.92 Å². The van der Waals surface area contributed by atoms with Crippen LogP contribution in [0.15, 0.2) is 46.3 Å². The minimum Gasteiger partial charge on any atom is -0.493 e. The fourth-order valence-electron chi connectivity index (χ4n) is 3.53. The number of nitrogens with zero attached hydrogens (tertiary/aromatic N) is 3. The topological polar surface area (TPSA) is 120 Å². The number of rotatable bonds is 7. The van der Waals surface area contributed by atoms with Gasteiger partial charge in [-0.25, -0.2) is 10.4 Å². The number of amides is 1. The van der Waals surface area contributed by atoms with Crippen molar-refractivity contribution < 1.29 is 19.0 Å². The van der Waals surface area contributed by atoms with E-state index in [4.69, 9.17) is 14.2 Å². The molecular weight excluding hydrogens is 458 g/mol. The average Bonchev–Trinajstić information content (AvgIpc) is 3.41. The number of H-pyrrole nitrogens is 1. The van der Waals surface area contributed by atoms with E-state index in [1.54, 1.807) is 13.8 Å². The molecule has 0 saturated heterocycles. The lowest BCUT2D eigenvalue weighted by Gasteiger charge is -2.13. The number of methoxy groups -OCH3 is 3. The number of thiazole rings is 1. The number of aryl methyl sites for hydroxylation is 1. The van der Waals surface area contributed by atoms with Crippen molar-refractivity contribution in [3.05, 3.63) is 63.6 Å². The Morgan fingerprint density at radius 2 is 1.79 bits per heavy atom. The average molecular weight is 482 g/mol. The van der Waals surface area contributed by atoms with E-state index in [9.17, 15) is 9.59 Å². The van der Waals surface area contributed by atoms with Gasteiger partial charge in [0.15, 0.2) is 11.5 Å². The van der Waals surface area contributed by atoms with Crippen LogP contribution in [0.25, 0.3) is 15.3 Å². The Balaban J connectivity index is 1.62. The molecule has 4 rings (SSSR count). The molecule has 0 atom stereocenters. The highest BCUT2D eigenvalue weighted by molar-refractivity contribution is 7.20. The van der Waals surface area contributed by atoms with Crippen molar-refractivity contribution >= 4 is 33.2 Å². The smallest absolute Gasteiger partial charge is 0.282 e. The Labute approximate surface area is 198 Å². The van der Waals surface area contributed by atoms with Gasteiger partial charge in [0.05, 0.1) is 42.8 Å². The summed E-state index contributed by atoms with van der Waals surface area (Å²) in [4.78, 5) is 30.4. The summed E-state index contributed by atoms with van der Waals surface area (Å²) >= 11 is 1.40. The fourth-order valence-corrected chi connectivity index (χ4v) is 4.46. The second-order valence-electron chi connectivity index (χ2n) is 7.27. The standard InChI is InChI=1S/C23H23N5O5S/c1-12(25-26-21(29)14-10-16(31-3)20(33-5)17(11-14)32-4)19-13(2)27-28(22(19)30)23-24-15-8-6-7-9-18(15)34-23/h6-11,27H,1-5H3,(H,26,29). The molecule has 0 aliphatic rings. The van der Waals surface area contributed by atoms with Crippen LogP contribution in [0.5, 0.6) is 17.2 Å². The summed E-state index contributed by atoms with van der Waals surface area (Å²) in [6.45, 7) is 3.41. The number of ether oxygens (including phenoxy) is 3. The maximum Gasteiger partial charge on any atom is 0.282 e. The summed E-state index contributed by atoms with van der Waals surface area (Å²) in [6, 6.07) is 10.7. The summed E-state index contributed by atoms with van der Waals surface area (Å²) in [6.07, 6.45) is 0. The van der Waals surface area contributed by atoms with Gasteiger partial charge in [0.1, 0.15) is 0 Å². The van der Waals surface area contributed by atoms with Gasteiger partial charge in [0, 0.05) is 11.3 Å². The number of nitrogens with one attached hydrogen (secondary N) is 2. The molecule has 34 heavy (non-hydrogen) atoms. The van der Waals surface area contributed by atoms with E-state index < -0.39 is 5.91 Å². The molecule has 0 aliphatic heterocycles. The van der Waals surface area contributed by atoms with Crippen molar-refractivity contribution in [3.8, 4) is 22.4 Å². The third-order valence-electron chi connectivity index (χ3n) is 5.16. The van der Waals surface area contributed by atoms with Crippen LogP contribution in [-0.2, 0) is 0 Å². The number of para-hydroxylation sites is 1. The number of carbonyl (C=O) groups excluding carboxylic acids is 1. The summed E-state index contributed by atoms with van der Waals surface area (Å²) < 4.78 is 18.2. The summed E-state index contributed by atoms with van der Waals surface area (Å²) in [5, 5.41) is 7.72. The SMILES string of the molecule is COc1cc(C(=O)NN=C(C)c2c(C)[nH]n(-c3nc4ccccc4s3)c2=O)cc(OC)c1OC. The molecule has 4 aromatic rings. The molecule has 10 nitrogen and oxygen atoms in total. The lowest BCUT2D eigenvalue weighted by molar-refractivity contribution is 0.0954. The minimum absolute atomic E-state index is 0.253. The minimum atomic E-state index is -0.502. The highest BCUT2D eigenvalue weighted by atomic mass is 32.1. The molecule has 1 amide bonds. The van der Waals surface area contributed by atoms with Crippen LogP contribution in [0.2, 0.25) is 0 Å². The van der Waals surface area contributed by atoms with Crippen molar-refractivity contribution in [1.82, 2.24) is 20.2 Å². The largest absolute Gasteiger partial charge is 0.493 e. The van der Waals surface area contributed by atoms with Crippen LogP contribution in [-0.4, -0.2) is 47.7 Å². The van der Waals surface area contributed by atoms with Crippen molar-refractivity contribution in [2.24, 2.45) is 5.10 Å². The highest BCUT2D eigenvalue weighted by Crippen LogP contribution is 2.38. The molecule has 0 aliphatic carbocycles. The number of fused-ring (bicyclic) bond motifs is 1. The van der Waals surface area contributed by atoms with Gasteiger partial charge >= 0.3 is 0 Å². The molecule has 2 aromatic heterocycles. The van der Waals surface area contributed by atoms with Crippen LogP contribution in [0.4, 0.5) is 0 Å². The number of benzene rings is 2. The second-order valence-corrected chi connectivity index (χ2v) is 8.28. The Kier molecular flexibility index (Phi) is 6.37. The highest BCUT2D eigenvalue weighted by Gasteiger charge is 2.19. The quantitative estimate of drug-likeness (QED) is 0.309. The number of hydrogen-bond donors (Lipinski definition) is 2. The van der Waals surface area contributed by atoms with E-state index >= 15 is 0 Å². The number of hydrogen-bond acceptors (Lipinski definition) is 8. The molecule has 176 valence electrons. The van der Waals surface area contributed by atoms with Crippen molar-refractivity contribution in [2.45, 2.75) is 13.8 Å². The fraction of sp³-hybridized carbons (Fsp3) is 0.217. The van der Waals surface area contributed by atoms with Crippen LogP contribution in [0.3, 0.4) is 0 Å². The van der Waals surface area contributed by atoms with E-state index in [0.717, 1.165) is 10.2 Å². The number of aromatic nitrogens is 3. The Bertz CT molecular complexity index is 1410. The van der Waals surface area contributed by atoms with Gasteiger partial charge in [0.2, 0.25) is 10.9 Å². The van der Waals surface area contributed by atoms with Gasteiger partial charge in [0.25, 0.3) is 11.5 Å². The van der Waals surface area contributed by atoms with Crippen LogP contribution < -0.4 is 25.2 Å². The van der Waals surface area contributed by atoms with Crippen molar-refractivity contribution in [2.75, 3.05) is 21.3 Å². The monoisotopic (exact) mass is 481 g/mol. The molecule has 0 radical (unpaired) electrons. The second kappa shape index (κ2) is 9.40. The Morgan fingerprint density at radius 3 is 2.41 bits per heavy atom. The first-order chi connectivity index (χ1) is 16.4. The maximum atomic E-state index is 13.1. The summed E-state index contributed by atoms with van der Waals surface area (Å²) in [5.74, 6) is 0.554. The van der Waals surface area contributed by atoms with E-state index in [-0.39, 0.29) is 11.1 Å². The van der Waals surface area contributed by atoms with Gasteiger partial charge in [-0.1, -0.05) is 23.5 Å². The maximum absolute atomic E-state index is 13.1. The van der Waals surface area contributed by atoms with E-state index in [1.807, 2.05) is 24.3 Å². The predicted octanol–water partition coefficient (Wildman–Crippen LogP) is 3.26. The van der Waals surface area contributed by atoms with Gasteiger partial charge < -0.3 is 14.2 Å². The van der Waals surface area contributed by atoms with Gasteiger partial charge in [-0.2, -0.15) is 9.78 Å². The van der Waals surface area contributed by atoms with Gasteiger partial charge in [-0.3, -0.25) is 14.7 Å². The van der Waals surface area contributed by atoms with Crippen LogP contribution >= 0.6 is 11.3 Å². The van der Waals surface area contributed by atoms with E-state index in [0.29, 0.717) is 39.3 Å². The first kappa shape index (κ1) is 23.1. The lowest BCUT2D eigenvalue weighted by atomic mass is 10.1. The third kappa shape index (κ3) is 4.13. The summed E-state index contributed by atoms with van der Waals surface area (Å²) in [5.41, 5.74) is 4.55. The molecule has 2 heterocycles. The Hall–Kier alpha value is -4.12. The first-order valence-electron chi connectivity index (χ1n) is 10.2. The predicted molar refractivity (Wildman–Crippen MR) is 130 cm³/mol. The van der Waals surface area contributed by atoms with Crippen molar-refractivity contribution in [1.29, 1.82) is 0 Å². The molecule has 0 fully saturated rings. The Morgan fingerprint density at radius 1 is 1.12 bits per heavy atom. The zero-order chi connectivity index (χ0) is 24.4. The molecule has 2 aromatic carbocycles. The normalized spacial score (nSPS) is 11.5. The molecule has 0 spiro atoms. The molecule has 2 N–H and O–H groups in total. The van der Waals surface area contributed by atoms with Gasteiger partial charge in [-0.05, 0) is 38.1 Å². The molecule has 0 unspecified atom stereocenters. The first-order valence-corrected chi connectivity index (χ1v) is 11.0. The molecule has 0 saturated carbocycles. The number of aromatic amines is 1. The number of carbonyl (C=O) groups is 1. The van der Waals surface area contributed by atoms with Gasteiger partial charge in [-0.15, -0.1) is 0 Å².